The molecule has 0 aromatic rings. The maximum Gasteiger partial charge on any atom is 0.0849 e. The predicted octanol–water partition coefficient (Wildman–Crippen LogP) is 0.342. The highest BCUT2D eigenvalue weighted by atomic mass is 16.3. The standard InChI is InChI=1S/C6H13O2/c1-4-5(7)6(2,3)8/h5,7-8H,1,4H2,2-3H3. The van der Waals surface area contributed by atoms with Crippen LogP contribution in [0.25, 0.3) is 0 Å². The lowest BCUT2D eigenvalue weighted by atomic mass is 10.0. The Labute approximate surface area is 50.2 Å². The van der Waals surface area contributed by atoms with E-state index in [1.807, 2.05) is 0 Å². The van der Waals surface area contributed by atoms with Gasteiger partial charge in [-0.3, -0.25) is 0 Å². The molecule has 0 aliphatic rings. The van der Waals surface area contributed by atoms with Crippen molar-refractivity contribution in [2.45, 2.75) is 32.0 Å². The van der Waals surface area contributed by atoms with Crippen LogP contribution in [0, 0.1) is 6.92 Å². The van der Waals surface area contributed by atoms with Gasteiger partial charge in [-0.1, -0.05) is 6.92 Å². The van der Waals surface area contributed by atoms with Crippen LogP contribution in [0.1, 0.15) is 20.3 Å². The van der Waals surface area contributed by atoms with E-state index in [1.54, 1.807) is 13.8 Å². The van der Waals surface area contributed by atoms with E-state index in [-0.39, 0.29) is 0 Å². The molecular weight excluding hydrogens is 104 g/mol. The van der Waals surface area contributed by atoms with E-state index in [9.17, 15) is 0 Å². The number of aliphatic hydroxyl groups excluding tert-OH is 1. The summed E-state index contributed by atoms with van der Waals surface area (Å²) in [6.45, 7) is 6.56. The van der Waals surface area contributed by atoms with Crippen molar-refractivity contribution in [3.8, 4) is 0 Å². The fraction of sp³-hybridized carbons (Fsp3) is 0.833. The smallest absolute Gasteiger partial charge is 0.0849 e. The zero-order valence-corrected chi connectivity index (χ0v) is 5.39. The second-order valence-corrected chi connectivity index (χ2v) is 2.46. The van der Waals surface area contributed by atoms with Crippen molar-refractivity contribution in [3.05, 3.63) is 6.92 Å². The van der Waals surface area contributed by atoms with Crippen LogP contribution in [0.3, 0.4) is 0 Å². The Balaban J connectivity index is 3.62. The molecule has 2 heteroatoms. The Morgan fingerprint density at radius 1 is 1.62 bits per heavy atom. The minimum Gasteiger partial charge on any atom is -0.390 e. The predicted molar refractivity (Wildman–Crippen MR) is 32.3 cm³/mol. The van der Waals surface area contributed by atoms with Crippen molar-refractivity contribution in [1.29, 1.82) is 0 Å². The van der Waals surface area contributed by atoms with Gasteiger partial charge in [0.05, 0.1) is 11.7 Å². The number of hydrogen-bond acceptors (Lipinski definition) is 2. The summed E-state index contributed by atoms with van der Waals surface area (Å²) in [5, 5.41) is 17.9. The topological polar surface area (TPSA) is 40.5 Å². The first-order valence-electron chi connectivity index (χ1n) is 2.68. The lowest BCUT2D eigenvalue weighted by molar-refractivity contribution is -0.0459. The molecule has 1 unspecified atom stereocenters. The van der Waals surface area contributed by atoms with Gasteiger partial charge in [0.25, 0.3) is 0 Å². The lowest BCUT2D eigenvalue weighted by Gasteiger charge is -2.22. The van der Waals surface area contributed by atoms with Crippen LogP contribution in [0.4, 0.5) is 0 Å². The molecule has 1 atom stereocenters. The summed E-state index contributed by atoms with van der Waals surface area (Å²) in [7, 11) is 0. The summed E-state index contributed by atoms with van der Waals surface area (Å²) < 4.78 is 0. The van der Waals surface area contributed by atoms with E-state index >= 15 is 0 Å². The molecule has 0 aliphatic heterocycles. The molecule has 2 nitrogen and oxygen atoms in total. The van der Waals surface area contributed by atoms with Gasteiger partial charge in [0.2, 0.25) is 0 Å². The number of aliphatic hydroxyl groups is 2. The summed E-state index contributed by atoms with van der Waals surface area (Å²) in [4.78, 5) is 0. The van der Waals surface area contributed by atoms with Crippen LogP contribution in [-0.2, 0) is 0 Å². The monoisotopic (exact) mass is 117 g/mol. The van der Waals surface area contributed by atoms with E-state index in [0.717, 1.165) is 0 Å². The highest BCUT2D eigenvalue weighted by molar-refractivity contribution is 4.76. The second kappa shape index (κ2) is 2.46. The molecule has 8 heavy (non-hydrogen) atoms. The van der Waals surface area contributed by atoms with E-state index in [2.05, 4.69) is 6.92 Å². The third-order valence-electron chi connectivity index (χ3n) is 1.09. The van der Waals surface area contributed by atoms with Crippen LogP contribution in [0.15, 0.2) is 0 Å². The summed E-state index contributed by atoms with van der Waals surface area (Å²) in [6, 6.07) is 0. The van der Waals surface area contributed by atoms with E-state index in [4.69, 9.17) is 10.2 Å². The second-order valence-electron chi connectivity index (χ2n) is 2.46. The third-order valence-corrected chi connectivity index (χ3v) is 1.09. The van der Waals surface area contributed by atoms with Gasteiger partial charge >= 0.3 is 0 Å². The Morgan fingerprint density at radius 2 is 2.00 bits per heavy atom. The number of hydrogen-bond donors (Lipinski definition) is 2. The van der Waals surface area contributed by atoms with Gasteiger partial charge in [-0.2, -0.15) is 0 Å². The highest BCUT2D eigenvalue weighted by Gasteiger charge is 2.21. The molecule has 0 spiro atoms. The fourth-order valence-electron chi connectivity index (χ4n) is 0.353. The highest BCUT2D eigenvalue weighted by Crippen LogP contribution is 2.09. The Kier molecular flexibility index (Phi) is 2.44. The van der Waals surface area contributed by atoms with Gasteiger partial charge in [-0.05, 0) is 20.3 Å². The molecule has 0 amide bonds. The molecule has 2 N–H and O–H groups in total. The molecule has 0 aromatic heterocycles. The van der Waals surface area contributed by atoms with Gasteiger partial charge in [0, 0.05) is 0 Å². The minimum atomic E-state index is -0.998. The van der Waals surface area contributed by atoms with E-state index < -0.39 is 11.7 Å². The van der Waals surface area contributed by atoms with Gasteiger partial charge in [-0.25, -0.2) is 0 Å². The first-order valence-corrected chi connectivity index (χ1v) is 2.68. The first kappa shape index (κ1) is 7.92. The summed E-state index contributed by atoms with van der Waals surface area (Å²) in [5.74, 6) is 0. The van der Waals surface area contributed by atoms with Crippen molar-refractivity contribution in [2.75, 3.05) is 0 Å². The molecular formula is C6H13O2. The third kappa shape index (κ3) is 2.28. The summed E-state index contributed by atoms with van der Waals surface area (Å²) in [6.07, 6.45) is -0.355. The van der Waals surface area contributed by atoms with Gasteiger partial charge in [-0.15, -0.1) is 0 Å². The van der Waals surface area contributed by atoms with Crippen LogP contribution >= 0.6 is 0 Å². The van der Waals surface area contributed by atoms with Gasteiger partial charge < -0.3 is 10.2 Å². The summed E-state index contributed by atoms with van der Waals surface area (Å²) >= 11 is 0. The average Bonchev–Trinajstić information content (AvgIpc) is 1.62. The molecule has 1 radical (unpaired) electrons. The zero-order valence-electron chi connectivity index (χ0n) is 5.39. The molecule has 0 fully saturated rings. The van der Waals surface area contributed by atoms with Crippen molar-refractivity contribution in [3.63, 3.8) is 0 Å². The molecule has 0 heterocycles. The van der Waals surface area contributed by atoms with Crippen LogP contribution in [-0.4, -0.2) is 21.9 Å². The Hall–Kier alpha value is -0.0800. The molecule has 0 aromatic carbocycles. The van der Waals surface area contributed by atoms with Gasteiger partial charge in [0.1, 0.15) is 0 Å². The van der Waals surface area contributed by atoms with Gasteiger partial charge in [0.15, 0.2) is 0 Å². The molecule has 0 aliphatic carbocycles. The summed E-state index contributed by atoms with van der Waals surface area (Å²) in [5.41, 5.74) is -0.998. The molecule has 0 rings (SSSR count). The van der Waals surface area contributed by atoms with E-state index in [0.29, 0.717) is 6.42 Å². The number of rotatable bonds is 2. The Morgan fingerprint density at radius 3 is 2.00 bits per heavy atom. The fourth-order valence-corrected chi connectivity index (χ4v) is 0.353. The molecule has 0 bridgehead atoms. The maximum atomic E-state index is 9.00. The van der Waals surface area contributed by atoms with E-state index in [1.165, 1.54) is 0 Å². The minimum absolute atomic E-state index is 0.351. The van der Waals surface area contributed by atoms with Crippen LogP contribution in [0.2, 0.25) is 0 Å². The SMILES string of the molecule is [CH2]CC(O)C(C)(C)O. The van der Waals surface area contributed by atoms with Crippen molar-refractivity contribution < 1.29 is 10.2 Å². The zero-order chi connectivity index (χ0) is 6.78. The molecule has 0 saturated heterocycles. The first-order chi connectivity index (χ1) is 3.48. The van der Waals surface area contributed by atoms with Crippen LogP contribution < -0.4 is 0 Å². The normalized spacial score (nSPS) is 16.1. The average molecular weight is 117 g/mol. The molecule has 0 saturated carbocycles. The van der Waals surface area contributed by atoms with Crippen molar-refractivity contribution in [1.82, 2.24) is 0 Å². The van der Waals surface area contributed by atoms with Crippen LogP contribution in [0.5, 0.6) is 0 Å². The largest absolute Gasteiger partial charge is 0.390 e. The lowest BCUT2D eigenvalue weighted by Crippen LogP contribution is -2.34. The van der Waals surface area contributed by atoms with Crippen molar-refractivity contribution in [2.24, 2.45) is 0 Å². The quantitative estimate of drug-likeness (QED) is 0.547. The molecule has 49 valence electrons. The maximum absolute atomic E-state index is 9.00. The van der Waals surface area contributed by atoms with Crippen molar-refractivity contribution >= 4 is 0 Å². The Bertz CT molecular complexity index is 63.4.